The van der Waals surface area contributed by atoms with Crippen molar-refractivity contribution in [1.29, 1.82) is 0 Å². The largest absolute Gasteiger partial charge is 0.493 e. The number of aromatic amines is 1. The fraction of sp³-hybridized carbons (Fsp3) is 0.353. The zero-order valence-corrected chi connectivity index (χ0v) is 15.6. The van der Waals surface area contributed by atoms with Crippen LogP contribution in [0.3, 0.4) is 0 Å². The molecule has 0 amide bonds. The summed E-state index contributed by atoms with van der Waals surface area (Å²) >= 11 is 2.25. The number of nitrogens with one attached hydrogen (secondary N) is 1. The standard InChI is InChI=1S/C17H18IN3O3/c1-17(2,23)7-8-24-12-5-3-11(4-6-12)21-9-13(18)14-15(21)16(22)20-10-19-14/h3-6,9-10,13,23H,7-8H2,1-2H3/p+1. The number of H-pyrrole nitrogens is 1. The highest BCUT2D eigenvalue weighted by Gasteiger charge is 2.34. The van der Waals surface area contributed by atoms with E-state index in [0.717, 1.165) is 17.1 Å². The second-order valence-corrected chi connectivity index (χ2v) is 7.63. The minimum Gasteiger partial charge on any atom is -0.493 e. The summed E-state index contributed by atoms with van der Waals surface area (Å²) in [6.45, 7) is 3.96. The Bertz CT molecular complexity index is 822. The number of hydrogen-bond donors (Lipinski definition) is 2. The fourth-order valence-electron chi connectivity index (χ4n) is 2.45. The molecule has 2 N–H and O–H groups in total. The van der Waals surface area contributed by atoms with Crippen LogP contribution in [0.25, 0.3) is 0 Å². The zero-order chi connectivity index (χ0) is 17.3. The molecule has 1 aromatic heterocycles. The average Bonchev–Trinajstić information content (AvgIpc) is 2.85. The number of halogens is 1. The van der Waals surface area contributed by atoms with Crippen LogP contribution < -0.4 is 14.9 Å². The van der Waals surface area contributed by atoms with E-state index in [4.69, 9.17) is 4.74 Å². The van der Waals surface area contributed by atoms with Gasteiger partial charge in [0.2, 0.25) is 5.69 Å². The first kappa shape index (κ1) is 17.1. The van der Waals surface area contributed by atoms with Crippen molar-refractivity contribution >= 4 is 40.2 Å². The first-order valence-electron chi connectivity index (χ1n) is 7.66. The Morgan fingerprint density at radius 3 is 2.75 bits per heavy atom. The van der Waals surface area contributed by atoms with Gasteiger partial charge in [-0.15, -0.1) is 0 Å². The molecule has 0 saturated carbocycles. The molecule has 2 heterocycles. The molecule has 0 aliphatic carbocycles. The van der Waals surface area contributed by atoms with Crippen LogP contribution in [0.5, 0.6) is 5.75 Å². The lowest BCUT2D eigenvalue weighted by Crippen LogP contribution is -2.21. The SMILES string of the molecule is CC(C)(O)CCOc1ccc([N+]2=CC(I)c3nc[nH]c(=O)c32)cc1. The number of benzene rings is 1. The Morgan fingerprint density at radius 1 is 1.38 bits per heavy atom. The Labute approximate surface area is 153 Å². The Balaban J connectivity index is 1.78. The van der Waals surface area contributed by atoms with Crippen molar-refractivity contribution in [2.45, 2.75) is 29.8 Å². The summed E-state index contributed by atoms with van der Waals surface area (Å²) in [5, 5.41) is 9.70. The predicted octanol–water partition coefficient (Wildman–Crippen LogP) is 2.70. The van der Waals surface area contributed by atoms with E-state index in [1.807, 2.05) is 35.1 Å². The number of hydrogen-bond acceptors (Lipinski definition) is 4. The van der Waals surface area contributed by atoms with E-state index in [0.29, 0.717) is 18.7 Å². The summed E-state index contributed by atoms with van der Waals surface area (Å²) in [6.07, 6.45) is 3.96. The van der Waals surface area contributed by atoms with Crippen molar-refractivity contribution < 1.29 is 9.84 Å². The quantitative estimate of drug-likeness (QED) is 0.426. The molecule has 1 atom stereocenters. The monoisotopic (exact) mass is 440 g/mol. The number of nitrogens with zero attached hydrogens (tertiary/aromatic N) is 2. The summed E-state index contributed by atoms with van der Waals surface area (Å²) in [5.41, 5.74) is 1.32. The summed E-state index contributed by atoms with van der Waals surface area (Å²) in [7, 11) is 0. The van der Waals surface area contributed by atoms with Crippen LogP contribution in [0, 0.1) is 0 Å². The van der Waals surface area contributed by atoms with Crippen LogP contribution in [0.2, 0.25) is 0 Å². The number of fused-ring (bicyclic) bond motifs is 1. The van der Waals surface area contributed by atoms with E-state index < -0.39 is 5.60 Å². The van der Waals surface area contributed by atoms with Crippen molar-refractivity contribution in [2.24, 2.45) is 0 Å². The van der Waals surface area contributed by atoms with Gasteiger partial charge in [-0.1, -0.05) is 22.6 Å². The highest BCUT2D eigenvalue weighted by atomic mass is 127. The molecule has 6 nitrogen and oxygen atoms in total. The lowest BCUT2D eigenvalue weighted by molar-refractivity contribution is 0.0553. The van der Waals surface area contributed by atoms with Gasteiger partial charge < -0.3 is 14.8 Å². The molecule has 7 heteroatoms. The van der Waals surface area contributed by atoms with Crippen LogP contribution in [-0.4, -0.2) is 33.5 Å². The minimum atomic E-state index is -0.739. The van der Waals surface area contributed by atoms with Crippen molar-refractivity contribution in [3.05, 3.63) is 46.6 Å². The van der Waals surface area contributed by atoms with E-state index in [2.05, 4.69) is 32.6 Å². The molecule has 0 spiro atoms. The van der Waals surface area contributed by atoms with Crippen LogP contribution in [0.15, 0.2) is 35.4 Å². The average molecular weight is 440 g/mol. The van der Waals surface area contributed by atoms with Gasteiger partial charge in [-0.3, -0.25) is 4.79 Å². The maximum Gasteiger partial charge on any atom is 0.323 e. The Morgan fingerprint density at radius 2 is 2.08 bits per heavy atom. The summed E-state index contributed by atoms with van der Waals surface area (Å²) < 4.78 is 7.56. The second kappa shape index (κ2) is 6.64. The molecule has 3 rings (SSSR count). The fourth-order valence-corrected chi connectivity index (χ4v) is 3.23. The number of alkyl halides is 1. The van der Waals surface area contributed by atoms with Crippen LogP contribution >= 0.6 is 22.6 Å². The molecule has 0 bridgehead atoms. The first-order chi connectivity index (χ1) is 11.3. The normalized spacial score (nSPS) is 16.7. The molecule has 1 aromatic carbocycles. The molecule has 0 fully saturated rings. The van der Waals surface area contributed by atoms with E-state index >= 15 is 0 Å². The summed E-state index contributed by atoms with van der Waals surface area (Å²) in [4.78, 5) is 19.0. The lowest BCUT2D eigenvalue weighted by atomic mass is 10.1. The molecule has 0 saturated heterocycles. The van der Waals surface area contributed by atoms with Crippen molar-refractivity contribution in [3.8, 4) is 5.75 Å². The summed E-state index contributed by atoms with van der Waals surface area (Å²) in [5.74, 6) is 0.730. The molecular weight excluding hydrogens is 421 g/mol. The highest BCUT2D eigenvalue weighted by molar-refractivity contribution is 14.1. The third-order valence-corrected chi connectivity index (χ3v) is 4.65. The van der Waals surface area contributed by atoms with Crippen LogP contribution in [0.1, 0.15) is 29.9 Å². The maximum atomic E-state index is 12.1. The maximum absolute atomic E-state index is 12.1. The van der Waals surface area contributed by atoms with Gasteiger partial charge in [0.15, 0.2) is 6.21 Å². The zero-order valence-electron chi connectivity index (χ0n) is 13.5. The Hall–Kier alpha value is -1.74. The van der Waals surface area contributed by atoms with Crippen molar-refractivity contribution in [3.63, 3.8) is 0 Å². The van der Waals surface area contributed by atoms with E-state index in [9.17, 15) is 9.90 Å². The third-order valence-electron chi connectivity index (χ3n) is 3.74. The highest BCUT2D eigenvalue weighted by Crippen LogP contribution is 2.34. The van der Waals surface area contributed by atoms with Gasteiger partial charge in [-0.05, 0) is 26.0 Å². The van der Waals surface area contributed by atoms with Crippen molar-refractivity contribution in [1.82, 2.24) is 14.5 Å². The minimum absolute atomic E-state index is 0.0580. The van der Waals surface area contributed by atoms with Gasteiger partial charge in [0.05, 0.1) is 18.5 Å². The Kier molecular flexibility index (Phi) is 4.73. The number of ether oxygens (including phenoxy) is 1. The molecule has 2 aromatic rings. The van der Waals surface area contributed by atoms with Gasteiger partial charge in [0, 0.05) is 18.6 Å². The van der Waals surface area contributed by atoms with E-state index in [1.165, 1.54) is 6.33 Å². The molecule has 126 valence electrons. The van der Waals surface area contributed by atoms with Crippen LogP contribution in [-0.2, 0) is 0 Å². The third kappa shape index (κ3) is 3.67. The smallest absolute Gasteiger partial charge is 0.323 e. The van der Waals surface area contributed by atoms with Gasteiger partial charge in [-0.25, -0.2) is 4.98 Å². The first-order valence-corrected chi connectivity index (χ1v) is 8.91. The number of aliphatic hydroxyl groups is 1. The van der Waals surface area contributed by atoms with Crippen LogP contribution in [0.4, 0.5) is 11.4 Å². The molecule has 1 aliphatic heterocycles. The van der Waals surface area contributed by atoms with Gasteiger partial charge >= 0.3 is 5.56 Å². The van der Waals surface area contributed by atoms with Gasteiger partial charge in [0.1, 0.15) is 15.4 Å². The molecule has 0 radical (unpaired) electrons. The van der Waals surface area contributed by atoms with Gasteiger partial charge in [0.25, 0.3) is 5.69 Å². The molecule has 24 heavy (non-hydrogen) atoms. The number of aromatic nitrogens is 2. The van der Waals surface area contributed by atoms with Gasteiger partial charge in [-0.2, -0.15) is 4.58 Å². The van der Waals surface area contributed by atoms with E-state index in [1.54, 1.807) is 13.8 Å². The number of rotatable bonds is 5. The second-order valence-electron chi connectivity index (χ2n) is 6.29. The molecule has 1 unspecified atom stereocenters. The van der Waals surface area contributed by atoms with E-state index in [-0.39, 0.29) is 9.48 Å². The molecule has 1 aliphatic rings. The lowest BCUT2D eigenvalue weighted by Gasteiger charge is -2.16. The van der Waals surface area contributed by atoms with Crippen molar-refractivity contribution in [2.75, 3.05) is 6.61 Å². The predicted molar refractivity (Wildman–Crippen MR) is 102 cm³/mol. The topological polar surface area (TPSA) is 78.2 Å². The summed E-state index contributed by atoms with van der Waals surface area (Å²) in [6, 6.07) is 7.53. The molecular formula is C17H19IN3O3+.